The van der Waals surface area contributed by atoms with E-state index in [4.69, 9.17) is 0 Å². The van der Waals surface area contributed by atoms with E-state index >= 15 is 0 Å². The average molecular weight is 342 g/mol. The number of likely N-dealkylation sites (N-methyl/N-ethyl adjacent to an activating group) is 1. The van der Waals surface area contributed by atoms with Gasteiger partial charge in [0.05, 0.1) is 17.9 Å². The van der Waals surface area contributed by atoms with Crippen molar-refractivity contribution in [3.8, 4) is 0 Å². The molecule has 2 saturated heterocycles. The van der Waals surface area contributed by atoms with Crippen molar-refractivity contribution < 1.29 is 4.79 Å². The quantitative estimate of drug-likeness (QED) is 0.812. The highest BCUT2D eigenvalue weighted by molar-refractivity contribution is 5.93. The molecule has 8 nitrogen and oxygen atoms in total. The molecular formula is C17H22N6O2. The van der Waals surface area contributed by atoms with Gasteiger partial charge in [0.2, 0.25) is 5.56 Å². The minimum absolute atomic E-state index is 0.0106. The van der Waals surface area contributed by atoms with Gasteiger partial charge in [-0.25, -0.2) is 4.79 Å². The third-order valence-corrected chi connectivity index (χ3v) is 4.98. The summed E-state index contributed by atoms with van der Waals surface area (Å²) in [5, 5.41) is 4.44. The normalized spacial score (nSPS) is 18.9. The van der Waals surface area contributed by atoms with Crippen molar-refractivity contribution in [2.24, 2.45) is 7.05 Å². The lowest BCUT2D eigenvalue weighted by Gasteiger charge is -2.39. The second kappa shape index (κ2) is 6.03. The first-order valence-electron chi connectivity index (χ1n) is 8.46. The smallest absolute Gasteiger partial charge is 0.324 e. The van der Waals surface area contributed by atoms with E-state index in [1.54, 1.807) is 33.7 Å². The molecular weight excluding hydrogens is 320 g/mol. The van der Waals surface area contributed by atoms with E-state index in [0.717, 1.165) is 37.4 Å². The number of carbonyl (C=O) groups excluding carboxylic acids is 1. The Morgan fingerprint density at radius 1 is 1.12 bits per heavy atom. The van der Waals surface area contributed by atoms with Crippen LogP contribution in [0, 0.1) is 0 Å². The van der Waals surface area contributed by atoms with E-state index in [1.807, 2.05) is 30.2 Å². The highest BCUT2D eigenvalue weighted by atomic mass is 16.2. The first-order chi connectivity index (χ1) is 12.0. The lowest BCUT2D eigenvalue weighted by molar-refractivity contribution is 0.0907. The van der Waals surface area contributed by atoms with Crippen LogP contribution in [0.5, 0.6) is 0 Å². The Morgan fingerprint density at radius 2 is 1.92 bits per heavy atom. The first-order valence-corrected chi connectivity index (χ1v) is 8.46. The van der Waals surface area contributed by atoms with Crippen molar-refractivity contribution in [2.45, 2.75) is 12.6 Å². The number of carbonyl (C=O) groups is 1. The first kappa shape index (κ1) is 15.9. The van der Waals surface area contributed by atoms with E-state index in [0.29, 0.717) is 12.6 Å². The molecule has 0 saturated carbocycles. The van der Waals surface area contributed by atoms with Gasteiger partial charge in [-0.1, -0.05) is 6.07 Å². The number of urea groups is 1. The molecule has 0 atom stereocenters. The number of likely N-dealkylation sites (tertiary alicyclic amines) is 1. The number of hydrogen-bond donors (Lipinski definition) is 0. The number of aromatic nitrogens is 3. The summed E-state index contributed by atoms with van der Waals surface area (Å²) >= 11 is 0. The van der Waals surface area contributed by atoms with Crippen molar-refractivity contribution in [3.05, 3.63) is 46.6 Å². The number of hydrogen-bond acceptors (Lipinski definition) is 4. The lowest BCUT2D eigenvalue weighted by Crippen LogP contribution is -2.47. The van der Waals surface area contributed by atoms with E-state index in [9.17, 15) is 9.59 Å². The van der Waals surface area contributed by atoms with Crippen molar-refractivity contribution in [3.63, 3.8) is 0 Å². The summed E-state index contributed by atoms with van der Waals surface area (Å²) in [6, 6.07) is 3.86. The number of amides is 2. The molecule has 2 aliphatic rings. The largest absolute Gasteiger partial charge is 0.326 e. The Balaban J connectivity index is 1.35. The zero-order valence-electron chi connectivity index (χ0n) is 14.5. The van der Waals surface area contributed by atoms with Crippen LogP contribution in [0.3, 0.4) is 0 Å². The van der Waals surface area contributed by atoms with Gasteiger partial charge in [0.15, 0.2) is 0 Å². The molecule has 0 N–H and O–H groups in total. The fraction of sp³-hybridized carbons (Fsp3) is 0.471. The fourth-order valence-electron chi connectivity index (χ4n) is 3.40. The Hall–Kier alpha value is -2.61. The Morgan fingerprint density at radius 3 is 2.60 bits per heavy atom. The van der Waals surface area contributed by atoms with Gasteiger partial charge in [0.1, 0.15) is 0 Å². The summed E-state index contributed by atoms with van der Waals surface area (Å²) in [5.74, 6) is 0. The zero-order valence-corrected chi connectivity index (χ0v) is 14.5. The van der Waals surface area contributed by atoms with Gasteiger partial charge >= 0.3 is 6.03 Å². The highest BCUT2D eigenvalue weighted by Crippen LogP contribution is 2.26. The number of pyridine rings is 1. The molecule has 0 unspecified atom stereocenters. The van der Waals surface area contributed by atoms with Crippen LogP contribution in [0.2, 0.25) is 0 Å². The lowest BCUT2D eigenvalue weighted by atomic mass is 10.1. The monoisotopic (exact) mass is 342 g/mol. The SMILES string of the molecule is CN1CCN(c2cnn(C3CN(Cc4ccc(=O)n(C)c4)C3)c2)C1=O. The molecule has 4 heterocycles. The van der Waals surface area contributed by atoms with Crippen molar-refractivity contribution in [2.75, 3.05) is 38.1 Å². The Bertz CT molecular complexity index is 851. The van der Waals surface area contributed by atoms with E-state index in [1.165, 1.54) is 0 Å². The maximum atomic E-state index is 12.1. The zero-order chi connectivity index (χ0) is 17.6. The Labute approximate surface area is 145 Å². The second-order valence-electron chi connectivity index (χ2n) is 6.87. The molecule has 132 valence electrons. The maximum absolute atomic E-state index is 12.1. The predicted molar refractivity (Wildman–Crippen MR) is 93.6 cm³/mol. The predicted octanol–water partition coefficient (Wildman–Crippen LogP) is 0.510. The molecule has 0 aromatic carbocycles. The molecule has 2 aromatic heterocycles. The van der Waals surface area contributed by atoms with Crippen LogP contribution in [0.25, 0.3) is 0 Å². The molecule has 2 aromatic rings. The summed E-state index contributed by atoms with van der Waals surface area (Å²) in [6.45, 7) is 4.12. The number of nitrogens with zero attached hydrogens (tertiary/aromatic N) is 6. The average Bonchev–Trinajstić information content (AvgIpc) is 3.14. The molecule has 4 rings (SSSR count). The van der Waals surface area contributed by atoms with Crippen LogP contribution < -0.4 is 10.5 Å². The molecule has 2 fully saturated rings. The van der Waals surface area contributed by atoms with Gasteiger partial charge in [0, 0.05) is 65.3 Å². The van der Waals surface area contributed by atoms with Gasteiger partial charge in [-0.2, -0.15) is 5.10 Å². The second-order valence-corrected chi connectivity index (χ2v) is 6.87. The third-order valence-electron chi connectivity index (χ3n) is 4.98. The van der Waals surface area contributed by atoms with Crippen LogP contribution in [0.1, 0.15) is 11.6 Å². The minimum atomic E-state index is 0.0106. The van der Waals surface area contributed by atoms with E-state index in [2.05, 4.69) is 10.00 Å². The summed E-state index contributed by atoms with van der Waals surface area (Å²) in [7, 11) is 3.59. The van der Waals surface area contributed by atoms with Crippen molar-refractivity contribution >= 4 is 11.7 Å². The van der Waals surface area contributed by atoms with Gasteiger partial charge in [0.25, 0.3) is 0 Å². The maximum Gasteiger partial charge on any atom is 0.324 e. The summed E-state index contributed by atoms with van der Waals surface area (Å²) < 4.78 is 3.56. The number of anilines is 1. The van der Waals surface area contributed by atoms with Gasteiger partial charge in [-0.3, -0.25) is 19.3 Å². The van der Waals surface area contributed by atoms with E-state index < -0.39 is 0 Å². The van der Waals surface area contributed by atoms with E-state index in [-0.39, 0.29) is 11.6 Å². The molecule has 8 heteroatoms. The fourth-order valence-corrected chi connectivity index (χ4v) is 3.40. The number of aryl methyl sites for hydroxylation is 1. The molecule has 25 heavy (non-hydrogen) atoms. The molecule has 0 radical (unpaired) electrons. The summed E-state index contributed by atoms with van der Waals surface area (Å²) in [5.41, 5.74) is 2.01. The molecule has 0 spiro atoms. The molecule has 2 aliphatic heterocycles. The van der Waals surface area contributed by atoms with Crippen LogP contribution in [-0.4, -0.2) is 63.4 Å². The van der Waals surface area contributed by atoms with Gasteiger partial charge in [-0.05, 0) is 5.56 Å². The highest BCUT2D eigenvalue weighted by Gasteiger charge is 2.31. The van der Waals surface area contributed by atoms with Crippen molar-refractivity contribution in [1.29, 1.82) is 0 Å². The molecule has 2 amide bonds. The topological polar surface area (TPSA) is 66.6 Å². The minimum Gasteiger partial charge on any atom is -0.326 e. The van der Waals surface area contributed by atoms with Gasteiger partial charge in [-0.15, -0.1) is 0 Å². The van der Waals surface area contributed by atoms with Crippen LogP contribution in [-0.2, 0) is 13.6 Å². The van der Waals surface area contributed by atoms with Crippen molar-refractivity contribution in [1.82, 2.24) is 24.1 Å². The van der Waals surface area contributed by atoms with Gasteiger partial charge < -0.3 is 9.47 Å². The standard InChI is InChI=1S/C17H22N6O2/c1-19-5-6-22(17(19)25)14-7-18-23(12-14)15-10-21(11-15)9-13-3-4-16(24)20(2)8-13/h3-4,7-8,12,15H,5-6,9-11H2,1-2H3. The third kappa shape index (κ3) is 2.93. The Kier molecular flexibility index (Phi) is 3.84. The van der Waals surface area contributed by atoms with Crippen LogP contribution >= 0.6 is 0 Å². The number of rotatable bonds is 4. The molecule has 0 bridgehead atoms. The summed E-state index contributed by atoms with van der Waals surface area (Å²) in [6.07, 6.45) is 5.62. The van der Waals surface area contributed by atoms with Crippen LogP contribution in [0.4, 0.5) is 10.5 Å². The summed E-state index contributed by atoms with van der Waals surface area (Å²) in [4.78, 5) is 29.3. The van der Waals surface area contributed by atoms with Crippen LogP contribution in [0.15, 0.2) is 35.5 Å². The molecule has 0 aliphatic carbocycles.